The molecule has 1 unspecified atom stereocenters. The Balaban J connectivity index is 4.35. The smallest absolute Gasteiger partial charge is 0.306 e. The third kappa shape index (κ3) is 67.0. The van der Waals surface area contributed by atoms with E-state index < -0.39 is 6.10 Å². The fraction of sp³-hybridized carbons (Fsp3) is 0.747. The highest BCUT2D eigenvalue weighted by Crippen LogP contribution is 2.17. The Kier molecular flexibility index (Phi) is 65.7. The number of allylic oxidation sites excluding steroid dienone is 16. The van der Waals surface area contributed by atoms with E-state index in [1.807, 2.05) is 0 Å². The van der Waals surface area contributed by atoms with Gasteiger partial charge in [0.1, 0.15) is 13.2 Å². The second-order valence-corrected chi connectivity index (χ2v) is 23.1. The van der Waals surface area contributed by atoms with Crippen LogP contribution in [0.4, 0.5) is 0 Å². The summed E-state index contributed by atoms with van der Waals surface area (Å²) in [6.07, 6.45) is 92.8. The summed E-state index contributed by atoms with van der Waals surface area (Å²) in [7, 11) is 0. The highest BCUT2D eigenvalue weighted by molar-refractivity contribution is 5.71. The molecule has 0 aromatic carbocycles. The average Bonchev–Trinajstić information content (AvgIpc) is 3.47. The summed E-state index contributed by atoms with van der Waals surface area (Å²) in [4.78, 5) is 38.4. The molecule has 6 nitrogen and oxygen atoms in total. The minimum atomic E-state index is -0.786. The van der Waals surface area contributed by atoms with E-state index in [0.29, 0.717) is 19.3 Å². The second kappa shape index (κ2) is 68.8. The Morgan fingerprint density at radius 3 is 0.765 bits per heavy atom. The van der Waals surface area contributed by atoms with Crippen LogP contribution < -0.4 is 0 Å². The highest BCUT2D eigenvalue weighted by Gasteiger charge is 2.19. The minimum Gasteiger partial charge on any atom is -0.462 e. The molecular weight excluding hydrogens is 997 g/mol. The van der Waals surface area contributed by atoms with Gasteiger partial charge in [0.2, 0.25) is 0 Å². The molecule has 0 aliphatic carbocycles. The summed E-state index contributed by atoms with van der Waals surface area (Å²) in [5.41, 5.74) is 0. The highest BCUT2D eigenvalue weighted by atomic mass is 16.6. The van der Waals surface area contributed by atoms with Crippen LogP contribution in [-0.4, -0.2) is 37.2 Å². The maximum atomic E-state index is 12.9. The molecule has 0 amide bonds. The molecule has 0 radical (unpaired) electrons. The zero-order valence-electron chi connectivity index (χ0n) is 53.5. The van der Waals surface area contributed by atoms with Gasteiger partial charge in [0, 0.05) is 19.3 Å². The van der Waals surface area contributed by atoms with Crippen molar-refractivity contribution in [1.82, 2.24) is 0 Å². The van der Waals surface area contributed by atoms with Gasteiger partial charge < -0.3 is 14.2 Å². The average molecular weight is 1130 g/mol. The van der Waals surface area contributed by atoms with Crippen LogP contribution in [0, 0.1) is 0 Å². The van der Waals surface area contributed by atoms with E-state index in [0.717, 1.165) is 116 Å². The number of esters is 3. The number of hydrogen-bond acceptors (Lipinski definition) is 6. The van der Waals surface area contributed by atoms with Crippen molar-refractivity contribution in [2.24, 2.45) is 0 Å². The van der Waals surface area contributed by atoms with Gasteiger partial charge in [0.25, 0.3) is 0 Å². The van der Waals surface area contributed by atoms with E-state index in [2.05, 4.69) is 118 Å². The largest absolute Gasteiger partial charge is 0.462 e. The molecule has 466 valence electrons. The van der Waals surface area contributed by atoms with Gasteiger partial charge in [-0.25, -0.2) is 0 Å². The summed E-state index contributed by atoms with van der Waals surface area (Å²) in [5.74, 6) is -0.883. The van der Waals surface area contributed by atoms with Gasteiger partial charge in [-0.3, -0.25) is 14.4 Å². The Morgan fingerprint density at radius 1 is 0.259 bits per heavy atom. The fourth-order valence-corrected chi connectivity index (χ4v) is 9.89. The van der Waals surface area contributed by atoms with Crippen LogP contribution in [0.15, 0.2) is 97.2 Å². The Labute approximate surface area is 502 Å². The first-order valence-corrected chi connectivity index (χ1v) is 34.7. The van der Waals surface area contributed by atoms with Crippen LogP contribution in [0.25, 0.3) is 0 Å². The maximum Gasteiger partial charge on any atom is 0.306 e. The van der Waals surface area contributed by atoms with E-state index in [9.17, 15) is 14.4 Å². The number of hydrogen-bond donors (Lipinski definition) is 0. The summed E-state index contributed by atoms with van der Waals surface area (Å²) in [6, 6.07) is 0. The van der Waals surface area contributed by atoms with Crippen molar-refractivity contribution in [2.45, 2.75) is 348 Å². The van der Waals surface area contributed by atoms with Gasteiger partial charge in [-0.15, -0.1) is 0 Å². The van der Waals surface area contributed by atoms with E-state index >= 15 is 0 Å². The van der Waals surface area contributed by atoms with Crippen LogP contribution in [0.3, 0.4) is 0 Å². The third-order valence-corrected chi connectivity index (χ3v) is 15.1. The van der Waals surface area contributed by atoms with Gasteiger partial charge in [0.05, 0.1) is 0 Å². The molecule has 0 rings (SSSR count). The van der Waals surface area contributed by atoms with Gasteiger partial charge >= 0.3 is 17.9 Å². The zero-order valence-corrected chi connectivity index (χ0v) is 53.5. The summed E-state index contributed by atoms with van der Waals surface area (Å²) in [6.45, 7) is 6.55. The molecule has 0 aliphatic rings. The van der Waals surface area contributed by atoms with Crippen molar-refractivity contribution in [3.8, 4) is 0 Å². The molecule has 0 saturated heterocycles. The van der Waals surface area contributed by atoms with Crippen LogP contribution in [0.5, 0.6) is 0 Å². The molecule has 6 heteroatoms. The molecule has 0 bridgehead atoms. The van der Waals surface area contributed by atoms with Crippen molar-refractivity contribution in [3.63, 3.8) is 0 Å². The lowest BCUT2D eigenvalue weighted by atomic mass is 10.0. The molecule has 0 aromatic rings. The quantitative estimate of drug-likeness (QED) is 0.0261. The Hall–Kier alpha value is -3.67. The fourth-order valence-electron chi connectivity index (χ4n) is 9.89. The molecule has 1 atom stereocenters. The predicted octanol–water partition coefficient (Wildman–Crippen LogP) is 24.0. The second-order valence-electron chi connectivity index (χ2n) is 23.1. The first kappa shape index (κ1) is 77.3. The van der Waals surface area contributed by atoms with Crippen LogP contribution in [0.1, 0.15) is 342 Å². The van der Waals surface area contributed by atoms with Crippen LogP contribution in [-0.2, 0) is 28.6 Å². The van der Waals surface area contributed by atoms with E-state index in [1.54, 1.807) is 0 Å². The monoisotopic (exact) mass is 1130 g/mol. The first-order valence-electron chi connectivity index (χ1n) is 34.7. The molecule has 0 aliphatic heterocycles. The molecule has 81 heavy (non-hydrogen) atoms. The number of ether oxygens (including phenoxy) is 3. The van der Waals surface area contributed by atoms with Crippen LogP contribution >= 0.6 is 0 Å². The van der Waals surface area contributed by atoms with Gasteiger partial charge in [0.15, 0.2) is 6.10 Å². The summed E-state index contributed by atoms with van der Waals surface area (Å²) >= 11 is 0. The normalized spacial score (nSPS) is 12.7. The van der Waals surface area contributed by atoms with Gasteiger partial charge in [-0.2, -0.15) is 0 Å². The maximum absolute atomic E-state index is 12.9. The molecule has 0 fully saturated rings. The zero-order chi connectivity index (χ0) is 58.5. The molecule has 0 N–H and O–H groups in total. The van der Waals surface area contributed by atoms with Gasteiger partial charge in [-0.05, 0) is 103 Å². The van der Waals surface area contributed by atoms with E-state index in [4.69, 9.17) is 14.2 Å². The van der Waals surface area contributed by atoms with Crippen molar-refractivity contribution >= 4 is 17.9 Å². The molecular formula is C75H130O6. The lowest BCUT2D eigenvalue weighted by molar-refractivity contribution is -0.167. The van der Waals surface area contributed by atoms with Crippen LogP contribution in [0.2, 0.25) is 0 Å². The van der Waals surface area contributed by atoms with Crippen molar-refractivity contribution in [1.29, 1.82) is 0 Å². The summed E-state index contributed by atoms with van der Waals surface area (Å²) in [5, 5.41) is 0. The van der Waals surface area contributed by atoms with Crippen molar-refractivity contribution in [3.05, 3.63) is 97.2 Å². The Bertz CT molecular complexity index is 1580. The van der Waals surface area contributed by atoms with Crippen molar-refractivity contribution < 1.29 is 28.6 Å². The SMILES string of the molecule is CC/C=C\C/C=C\C/C=C\C/C=C\C/C=C\C/C=C\C/C=C\CCCCCCCCCC(=O)OCC(COC(=O)CCCCCCC/C=C\CCCCCCCCC)OC(=O)CCCCCCCCCCCCCCCCCCCC. The number of unbranched alkanes of at least 4 members (excludes halogenated alkanes) is 36. The topological polar surface area (TPSA) is 78.9 Å². The molecule has 0 saturated carbocycles. The lowest BCUT2D eigenvalue weighted by Gasteiger charge is -2.18. The summed E-state index contributed by atoms with van der Waals surface area (Å²) < 4.78 is 17.0. The third-order valence-electron chi connectivity index (χ3n) is 15.1. The number of rotatable bonds is 63. The van der Waals surface area contributed by atoms with E-state index in [1.165, 1.54) is 186 Å². The minimum absolute atomic E-state index is 0.0819. The van der Waals surface area contributed by atoms with Crippen molar-refractivity contribution in [2.75, 3.05) is 13.2 Å². The lowest BCUT2D eigenvalue weighted by Crippen LogP contribution is -2.30. The molecule has 0 spiro atoms. The van der Waals surface area contributed by atoms with E-state index in [-0.39, 0.29) is 31.1 Å². The molecule has 0 heterocycles. The predicted molar refractivity (Wildman–Crippen MR) is 353 cm³/mol. The van der Waals surface area contributed by atoms with Gasteiger partial charge in [-0.1, -0.05) is 317 Å². The standard InChI is InChI=1S/C75H130O6/c1-4-7-10-13-16-19-22-25-28-31-33-34-35-36-37-38-39-40-41-42-43-45-47-50-53-56-59-62-65-68-74(77)80-71-72(70-79-73(76)67-64-61-58-55-52-49-46-30-27-24-21-18-15-12-9-6-3)81-75(78)69-66-63-60-57-54-51-48-44-32-29-26-23-20-17-14-11-8-5-2/h7,10,16,19,25,28,30,33-34,36-37,39-40,42-43,46,72H,4-6,8-9,11-15,17-18,20-24,26-27,29,31-32,35,38,41,44-45,47-71H2,1-3H3/b10-7-,19-16-,28-25-,34-33-,37-36-,40-39-,43-42-,46-30-. The number of carbonyl (C=O) groups excluding carboxylic acids is 3. The molecule has 0 aromatic heterocycles. The number of carbonyl (C=O) groups is 3. The first-order chi connectivity index (χ1) is 40.0. The Morgan fingerprint density at radius 2 is 0.481 bits per heavy atom.